The molecule has 1 aromatic heterocycles. The van der Waals surface area contributed by atoms with E-state index in [1.165, 1.54) is 0 Å². The van der Waals surface area contributed by atoms with Crippen molar-refractivity contribution in [1.29, 1.82) is 0 Å². The number of fused-ring (bicyclic) bond motifs is 1. The lowest BCUT2D eigenvalue weighted by atomic mass is 9.99. The van der Waals surface area contributed by atoms with E-state index in [0.717, 1.165) is 48.1 Å². The zero-order chi connectivity index (χ0) is 24.2. The maximum Gasteiger partial charge on any atom is 0.258 e. The summed E-state index contributed by atoms with van der Waals surface area (Å²) in [6.07, 6.45) is 2.08. The average Bonchev–Trinajstić information content (AvgIpc) is 3.18. The predicted octanol–water partition coefficient (Wildman–Crippen LogP) is 4.17. The van der Waals surface area contributed by atoms with Crippen LogP contribution in [0.25, 0.3) is 11.0 Å². The number of nitrogens with one attached hydrogen (secondary N) is 1. The molecule has 4 rings (SSSR count). The first-order valence-corrected chi connectivity index (χ1v) is 12.0. The van der Waals surface area contributed by atoms with Crippen LogP contribution in [-0.2, 0) is 16.1 Å². The van der Waals surface area contributed by atoms with Crippen molar-refractivity contribution in [2.24, 2.45) is 5.92 Å². The molecular formula is C27H34N4O3. The molecule has 1 unspecified atom stereocenters. The molecule has 1 saturated heterocycles. The smallest absolute Gasteiger partial charge is 0.258 e. The third kappa shape index (κ3) is 5.41. The van der Waals surface area contributed by atoms with Gasteiger partial charge in [0.1, 0.15) is 18.1 Å². The molecule has 1 atom stereocenters. The maximum absolute atomic E-state index is 13.1. The van der Waals surface area contributed by atoms with Gasteiger partial charge in [-0.3, -0.25) is 9.59 Å². The first-order valence-electron chi connectivity index (χ1n) is 12.0. The summed E-state index contributed by atoms with van der Waals surface area (Å²) in [5, 5.41) is 2.99. The van der Waals surface area contributed by atoms with E-state index in [2.05, 4.69) is 12.2 Å². The summed E-state index contributed by atoms with van der Waals surface area (Å²) >= 11 is 0. The third-order valence-corrected chi connectivity index (χ3v) is 6.58. The molecule has 3 aromatic rings. The van der Waals surface area contributed by atoms with Crippen LogP contribution in [0.3, 0.4) is 0 Å². The van der Waals surface area contributed by atoms with E-state index in [1.54, 1.807) is 0 Å². The molecule has 7 nitrogen and oxygen atoms in total. The van der Waals surface area contributed by atoms with E-state index in [4.69, 9.17) is 9.72 Å². The van der Waals surface area contributed by atoms with Crippen molar-refractivity contribution in [3.63, 3.8) is 0 Å². The van der Waals surface area contributed by atoms with Gasteiger partial charge in [-0.1, -0.05) is 31.2 Å². The number of hydrogen-bond donors (Lipinski definition) is 1. The van der Waals surface area contributed by atoms with Crippen LogP contribution in [-0.4, -0.2) is 46.0 Å². The number of ether oxygens (including phenoxy) is 1. The summed E-state index contributed by atoms with van der Waals surface area (Å²) < 4.78 is 7.69. The maximum atomic E-state index is 13.1. The van der Waals surface area contributed by atoms with E-state index in [-0.39, 0.29) is 31.0 Å². The molecule has 0 aliphatic carbocycles. The van der Waals surface area contributed by atoms with Crippen molar-refractivity contribution in [3.05, 3.63) is 59.4 Å². The third-order valence-electron chi connectivity index (χ3n) is 6.58. The molecule has 0 spiro atoms. The van der Waals surface area contributed by atoms with Gasteiger partial charge in [-0.15, -0.1) is 0 Å². The van der Waals surface area contributed by atoms with Crippen molar-refractivity contribution >= 4 is 22.8 Å². The Morgan fingerprint density at radius 3 is 2.65 bits per heavy atom. The highest BCUT2D eigenvalue weighted by atomic mass is 16.5. The highest BCUT2D eigenvalue weighted by Gasteiger charge is 2.24. The Balaban J connectivity index is 1.47. The summed E-state index contributed by atoms with van der Waals surface area (Å²) in [5.74, 6) is 1.89. The number of para-hydroxylation sites is 2. The molecular weight excluding hydrogens is 428 g/mol. The molecule has 2 heterocycles. The zero-order valence-corrected chi connectivity index (χ0v) is 20.5. The molecule has 34 heavy (non-hydrogen) atoms. The standard InChI is InChI=1S/C27H34N4O3/c1-18-11-13-30(14-12-18)26(33)16-31-23-8-6-5-7-22(23)29-27(31)21(4)28-25(32)17-34-24-15-19(2)9-10-20(24)3/h5-10,15,18,21H,11-14,16-17H2,1-4H3,(H,28,32). The largest absolute Gasteiger partial charge is 0.483 e. The average molecular weight is 463 g/mol. The van der Waals surface area contributed by atoms with Gasteiger partial charge >= 0.3 is 0 Å². The number of carbonyl (C=O) groups is 2. The second kappa shape index (κ2) is 10.3. The summed E-state index contributed by atoms with van der Waals surface area (Å²) in [4.78, 5) is 32.5. The predicted molar refractivity (Wildman–Crippen MR) is 133 cm³/mol. The lowest BCUT2D eigenvalue weighted by Gasteiger charge is -2.30. The number of rotatable bonds is 7. The Bertz CT molecular complexity index is 1180. The number of likely N-dealkylation sites (tertiary alicyclic amines) is 1. The van der Waals surface area contributed by atoms with Crippen LogP contribution in [0.1, 0.15) is 49.7 Å². The fraction of sp³-hybridized carbons (Fsp3) is 0.444. The van der Waals surface area contributed by atoms with Crippen LogP contribution in [0.2, 0.25) is 0 Å². The summed E-state index contributed by atoms with van der Waals surface area (Å²) in [6.45, 7) is 9.79. The van der Waals surface area contributed by atoms with E-state index < -0.39 is 0 Å². The van der Waals surface area contributed by atoms with Gasteiger partial charge in [0.05, 0.1) is 17.1 Å². The highest BCUT2D eigenvalue weighted by Crippen LogP contribution is 2.23. The molecule has 1 aliphatic heterocycles. The topological polar surface area (TPSA) is 76.5 Å². The molecule has 1 aliphatic rings. The van der Waals surface area contributed by atoms with Crippen molar-refractivity contribution in [2.75, 3.05) is 19.7 Å². The molecule has 7 heteroatoms. The molecule has 0 saturated carbocycles. The number of amides is 2. The van der Waals surface area contributed by atoms with Gasteiger partial charge in [-0.05, 0) is 68.9 Å². The number of imidazole rings is 1. The van der Waals surface area contributed by atoms with E-state index >= 15 is 0 Å². The van der Waals surface area contributed by atoms with Crippen molar-refractivity contribution in [3.8, 4) is 5.75 Å². The minimum Gasteiger partial charge on any atom is -0.483 e. The number of hydrogen-bond acceptors (Lipinski definition) is 4. The first-order chi connectivity index (χ1) is 16.3. The zero-order valence-electron chi connectivity index (χ0n) is 20.5. The molecule has 0 bridgehead atoms. The normalized spacial score (nSPS) is 15.4. The lowest BCUT2D eigenvalue weighted by molar-refractivity contribution is -0.133. The summed E-state index contributed by atoms with van der Waals surface area (Å²) in [6, 6.07) is 13.3. The van der Waals surface area contributed by atoms with Crippen molar-refractivity contribution < 1.29 is 14.3 Å². The van der Waals surface area contributed by atoms with Gasteiger partial charge in [0.25, 0.3) is 5.91 Å². The number of aromatic nitrogens is 2. The van der Waals surface area contributed by atoms with Crippen LogP contribution in [0.4, 0.5) is 0 Å². The molecule has 0 radical (unpaired) electrons. The molecule has 180 valence electrons. The molecule has 2 aromatic carbocycles. The quantitative estimate of drug-likeness (QED) is 0.572. The van der Waals surface area contributed by atoms with E-state index in [0.29, 0.717) is 17.5 Å². The Morgan fingerprint density at radius 2 is 1.88 bits per heavy atom. The van der Waals surface area contributed by atoms with Gasteiger partial charge in [-0.25, -0.2) is 4.98 Å². The van der Waals surface area contributed by atoms with Crippen LogP contribution < -0.4 is 10.1 Å². The van der Waals surface area contributed by atoms with Crippen LogP contribution in [0, 0.1) is 19.8 Å². The highest BCUT2D eigenvalue weighted by molar-refractivity contribution is 5.82. The van der Waals surface area contributed by atoms with Crippen LogP contribution in [0.15, 0.2) is 42.5 Å². The minimum atomic E-state index is -0.378. The number of piperidine rings is 1. The fourth-order valence-corrected chi connectivity index (χ4v) is 4.44. The number of benzene rings is 2. The van der Waals surface area contributed by atoms with Gasteiger partial charge in [0.15, 0.2) is 6.61 Å². The van der Waals surface area contributed by atoms with Crippen LogP contribution in [0.5, 0.6) is 5.75 Å². The Morgan fingerprint density at radius 1 is 1.15 bits per heavy atom. The molecule has 2 amide bonds. The monoisotopic (exact) mass is 462 g/mol. The first kappa shape index (κ1) is 23.8. The molecule has 1 fully saturated rings. The van der Waals surface area contributed by atoms with Gasteiger partial charge in [0.2, 0.25) is 5.91 Å². The Labute approximate surface area is 201 Å². The van der Waals surface area contributed by atoms with Crippen molar-refractivity contribution in [1.82, 2.24) is 19.8 Å². The summed E-state index contributed by atoms with van der Waals surface area (Å²) in [7, 11) is 0. The van der Waals surface area contributed by atoms with Gasteiger partial charge in [0, 0.05) is 13.1 Å². The SMILES string of the molecule is Cc1ccc(C)c(OCC(=O)NC(C)c2nc3ccccc3n2CC(=O)N2CCC(C)CC2)c1. The van der Waals surface area contributed by atoms with E-state index in [9.17, 15) is 9.59 Å². The Kier molecular flexibility index (Phi) is 7.20. The minimum absolute atomic E-state index is 0.0836. The van der Waals surface area contributed by atoms with E-state index in [1.807, 2.05) is 72.7 Å². The summed E-state index contributed by atoms with van der Waals surface area (Å²) in [5.41, 5.74) is 3.77. The van der Waals surface area contributed by atoms with Crippen molar-refractivity contribution in [2.45, 2.75) is 53.1 Å². The number of aryl methyl sites for hydroxylation is 2. The second-order valence-corrected chi connectivity index (χ2v) is 9.45. The molecule has 1 N–H and O–H groups in total. The second-order valence-electron chi connectivity index (χ2n) is 9.45. The lowest BCUT2D eigenvalue weighted by Crippen LogP contribution is -2.40. The van der Waals surface area contributed by atoms with Gasteiger partial charge in [-0.2, -0.15) is 0 Å². The Hall–Kier alpha value is -3.35. The van der Waals surface area contributed by atoms with Crippen LogP contribution >= 0.6 is 0 Å². The fourth-order valence-electron chi connectivity index (χ4n) is 4.44. The number of nitrogens with zero attached hydrogens (tertiary/aromatic N) is 3. The number of carbonyl (C=O) groups excluding carboxylic acids is 2. The van der Waals surface area contributed by atoms with Gasteiger partial charge < -0.3 is 19.5 Å².